The summed E-state index contributed by atoms with van der Waals surface area (Å²) in [4.78, 5) is 30.7. The number of ether oxygens (including phenoxy) is 1. The summed E-state index contributed by atoms with van der Waals surface area (Å²) in [6, 6.07) is 8.52. The third-order valence-corrected chi connectivity index (χ3v) is 5.82. The molecule has 0 radical (unpaired) electrons. The van der Waals surface area contributed by atoms with Crippen molar-refractivity contribution in [1.29, 1.82) is 0 Å². The summed E-state index contributed by atoms with van der Waals surface area (Å²) in [7, 11) is 0. The Labute approximate surface area is 192 Å². The predicted molar refractivity (Wildman–Crippen MR) is 116 cm³/mol. The van der Waals surface area contributed by atoms with E-state index in [0.717, 1.165) is 23.3 Å². The molecule has 0 saturated heterocycles. The van der Waals surface area contributed by atoms with Gasteiger partial charge < -0.3 is 14.7 Å². The van der Waals surface area contributed by atoms with Crippen LogP contribution < -0.4 is 10.3 Å². The van der Waals surface area contributed by atoms with Gasteiger partial charge in [-0.15, -0.1) is 0 Å². The molecule has 1 amide bonds. The van der Waals surface area contributed by atoms with Crippen LogP contribution in [-0.4, -0.2) is 38.6 Å². The van der Waals surface area contributed by atoms with Gasteiger partial charge in [0.1, 0.15) is 30.7 Å². The zero-order valence-corrected chi connectivity index (χ0v) is 18.4. The van der Waals surface area contributed by atoms with Crippen molar-refractivity contribution in [2.24, 2.45) is 0 Å². The van der Waals surface area contributed by atoms with Crippen LogP contribution in [0.3, 0.4) is 0 Å². The van der Waals surface area contributed by atoms with Gasteiger partial charge in [0.2, 0.25) is 11.8 Å². The van der Waals surface area contributed by atoms with Gasteiger partial charge in [-0.1, -0.05) is 17.7 Å². The molecule has 172 valence electrons. The summed E-state index contributed by atoms with van der Waals surface area (Å²) in [6.07, 6.45) is 0.640. The number of halogens is 3. The molecule has 0 spiro atoms. The standard InChI is InChI=1S/C23H20ClF2N3O4/c1-13-27-22(33-12-15-2-4-17(25)9-19(15)26)21(24)23(32)29(13)18-5-3-14-6-7-28(20(31)11-30)10-16(14)8-18/h2-5,8-9,30H,6-7,10-12H2,1H3. The first-order valence-corrected chi connectivity index (χ1v) is 10.5. The highest BCUT2D eigenvalue weighted by Crippen LogP contribution is 2.25. The number of carbonyl (C=O) groups is 1. The second-order valence-corrected chi connectivity index (χ2v) is 8.00. The number of aliphatic hydroxyl groups is 1. The predicted octanol–water partition coefficient (Wildman–Crippen LogP) is 2.93. The van der Waals surface area contributed by atoms with Crippen LogP contribution in [0.25, 0.3) is 5.69 Å². The topological polar surface area (TPSA) is 84.7 Å². The number of carbonyl (C=O) groups excluding carboxylic acids is 1. The van der Waals surface area contributed by atoms with Crippen molar-refractivity contribution in [2.75, 3.05) is 13.2 Å². The second-order valence-electron chi connectivity index (χ2n) is 7.62. The molecule has 1 aliphatic heterocycles. The molecule has 3 aromatic rings. The van der Waals surface area contributed by atoms with Gasteiger partial charge in [0.25, 0.3) is 5.56 Å². The lowest BCUT2D eigenvalue weighted by molar-refractivity contribution is -0.135. The number of amides is 1. The average molecular weight is 476 g/mol. The van der Waals surface area contributed by atoms with Gasteiger partial charge >= 0.3 is 0 Å². The SMILES string of the molecule is Cc1nc(OCc2ccc(F)cc2F)c(Cl)c(=O)n1-c1ccc2c(c1)CN(C(=O)CO)CC2. The third-order valence-electron chi connectivity index (χ3n) is 5.49. The number of nitrogens with zero attached hydrogens (tertiary/aromatic N) is 3. The van der Waals surface area contributed by atoms with E-state index < -0.39 is 23.8 Å². The average Bonchev–Trinajstić information content (AvgIpc) is 2.80. The van der Waals surface area contributed by atoms with Crippen molar-refractivity contribution in [3.8, 4) is 11.6 Å². The molecule has 2 aromatic carbocycles. The Hall–Kier alpha value is -3.30. The monoisotopic (exact) mass is 475 g/mol. The number of aromatic nitrogens is 2. The highest BCUT2D eigenvalue weighted by atomic mass is 35.5. The van der Waals surface area contributed by atoms with Gasteiger partial charge in [-0.05, 0) is 48.7 Å². The van der Waals surface area contributed by atoms with Crippen LogP contribution in [0.15, 0.2) is 41.2 Å². The Bertz CT molecular complexity index is 1300. The molecule has 1 N–H and O–H groups in total. The number of rotatable bonds is 5. The summed E-state index contributed by atoms with van der Waals surface area (Å²) in [5, 5.41) is 8.85. The molecule has 2 heterocycles. The quantitative estimate of drug-likeness (QED) is 0.613. The van der Waals surface area contributed by atoms with Crippen LogP contribution in [-0.2, 0) is 24.4 Å². The summed E-state index contributed by atoms with van der Waals surface area (Å²) in [6.45, 7) is 1.59. The second kappa shape index (κ2) is 9.29. The highest BCUT2D eigenvalue weighted by Gasteiger charge is 2.22. The number of hydrogen-bond acceptors (Lipinski definition) is 5. The van der Waals surface area contributed by atoms with E-state index in [2.05, 4.69) is 4.98 Å². The summed E-state index contributed by atoms with van der Waals surface area (Å²) >= 11 is 6.22. The smallest absolute Gasteiger partial charge is 0.280 e. The molecule has 4 rings (SSSR count). The molecule has 0 bridgehead atoms. The first kappa shape index (κ1) is 22.9. The molecule has 33 heavy (non-hydrogen) atoms. The van der Waals surface area contributed by atoms with Crippen LogP contribution >= 0.6 is 11.6 Å². The molecule has 0 atom stereocenters. The fourth-order valence-electron chi connectivity index (χ4n) is 3.76. The van der Waals surface area contributed by atoms with Crippen LogP contribution in [0.5, 0.6) is 5.88 Å². The van der Waals surface area contributed by atoms with Gasteiger partial charge in [0.15, 0.2) is 5.02 Å². The Morgan fingerprint density at radius 1 is 1.21 bits per heavy atom. The third kappa shape index (κ3) is 4.60. The Morgan fingerprint density at radius 2 is 2.00 bits per heavy atom. The minimum atomic E-state index is -0.779. The molecule has 0 saturated carbocycles. The van der Waals surface area contributed by atoms with Crippen molar-refractivity contribution in [3.63, 3.8) is 0 Å². The molecule has 1 aliphatic rings. The van der Waals surface area contributed by atoms with Crippen LogP contribution in [0.1, 0.15) is 22.5 Å². The Kier molecular flexibility index (Phi) is 6.44. The minimum absolute atomic E-state index is 0.0905. The lowest BCUT2D eigenvalue weighted by atomic mass is 9.99. The van der Waals surface area contributed by atoms with E-state index in [0.29, 0.717) is 25.2 Å². The van der Waals surface area contributed by atoms with Crippen molar-refractivity contribution in [3.05, 3.63) is 85.9 Å². The van der Waals surface area contributed by atoms with Gasteiger partial charge in [-0.3, -0.25) is 14.2 Å². The molecule has 0 fully saturated rings. The van der Waals surface area contributed by atoms with E-state index in [1.165, 1.54) is 10.6 Å². The van der Waals surface area contributed by atoms with Crippen molar-refractivity contribution in [2.45, 2.75) is 26.5 Å². The number of hydrogen-bond donors (Lipinski definition) is 1. The normalized spacial score (nSPS) is 13.1. The summed E-state index contributed by atoms with van der Waals surface area (Å²) in [5.41, 5.74) is 1.94. The molecular weight excluding hydrogens is 456 g/mol. The number of aliphatic hydroxyl groups excluding tert-OH is 1. The van der Waals surface area contributed by atoms with Crippen molar-refractivity contribution in [1.82, 2.24) is 14.5 Å². The molecule has 0 aliphatic carbocycles. The first-order valence-electron chi connectivity index (χ1n) is 10.1. The van der Waals surface area contributed by atoms with Crippen molar-refractivity contribution >= 4 is 17.5 Å². The van der Waals surface area contributed by atoms with E-state index in [-0.39, 0.29) is 34.8 Å². The molecule has 1 aromatic heterocycles. The van der Waals surface area contributed by atoms with E-state index in [9.17, 15) is 18.4 Å². The number of fused-ring (bicyclic) bond motifs is 1. The van der Waals surface area contributed by atoms with E-state index in [1.54, 1.807) is 24.0 Å². The lowest BCUT2D eigenvalue weighted by Gasteiger charge is -2.29. The summed E-state index contributed by atoms with van der Waals surface area (Å²) in [5.74, 6) is -1.71. The number of benzene rings is 2. The van der Waals surface area contributed by atoms with Crippen molar-refractivity contribution < 1.29 is 23.4 Å². The molecule has 7 nitrogen and oxygen atoms in total. The zero-order chi connectivity index (χ0) is 23.7. The van der Waals surface area contributed by atoms with E-state index in [1.807, 2.05) is 6.07 Å². The summed E-state index contributed by atoms with van der Waals surface area (Å²) < 4.78 is 33.7. The largest absolute Gasteiger partial charge is 0.471 e. The molecular formula is C23H20ClF2N3O4. The maximum absolute atomic E-state index is 13.9. The van der Waals surface area contributed by atoms with E-state index in [4.69, 9.17) is 21.4 Å². The van der Waals surface area contributed by atoms with Crippen LogP contribution in [0.4, 0.5) is 8.78 Å². The fraction of sp³-hybridized carbons (Fsp3) is 0.261. The van der Waals surface area contributed by atoms with Crippen LogP contribution in [0.2, 0.25) is 5.02 Å². The van der Waals surface area contributed by atoms with Gasteiger partial charge in [0, 0.05) is 24.7 Å². The van der Waals surface area contributed by atoms with Gasteiger partial charge in [-0.2, -0.15) is 4.98 Å². The molecule has 0 unspecified atom stereocenters. The maximum Gasteiger partial charge on any atom is 0.280 e. The maximum atomic E-state index is 13.9. The first-order chi connectivity index (χ1) is 15.8. The van der Waals surface area contributed by atoms with Gasteiger partial charge in [-0.25, -0.2) is 8.78 Å². The Morgan fingerprint density at radius 3 is 2.73 bits per heavy atom. The highest BCUT2D eigenvalue weighted by molar-refractivity contribution is 6.31. The number of aryl methyl sites for hydroxylation is 1. The molecule has 10 heteroatoms. The Balaban J connectivity index is 1.63. The fourth-order valence-corrected chi connectivity index (χ4v) is 3.94. The zero-order valence-electron chi connectivity index (χ0n) is 17.6. The van der Waals surface area contributed by atoms with E-state index >= 15 is 0 Å². The minimum Gasteiger partial charge on any atom is -0.471 e. The van der Waals surface area contributed by atoms with Crippen LogP contribution in [0, 0.1) is 18.6 Å². The lowest BCUT2D eigenvalue weighted by Crippen LogP contribution is -2.37. The van der Waals surface area contributed by atoms with Gasteiger partial charge in [0.05, 0.1) is 5.69 Å².